The van der Waals surface area contributed by atoms with Crippen molar-refractivity contribution >= 4 is 12.0 Å². The van der Waals surface area contributed by atoms with Gasteiger partial charge in [-0.05, 0) is 24.3 Å². The molecule has 0 fully saturated rings. The lowest BCUT2D eigenvalue weighted by molar-refractivity contribution is -0.360. The molecule has 3 nitrogen and oxygen atoms in total. The monoisotopic (exact) mass is 254 g/mol. The fraction of sp³-hybridized carbons (Fsp3) is 0.222. The molecule has 0 bridgehead atoms. The minimum absolute atomic E-state index is 0.301. The number of rotatable bonds is 3. The third-order valence-electron chi connectivity index (χ3n) is 1.64. The topological polar surface area (TPSA) is 47.6 Å². The number of alkyl halides is 5. The SMILES string of the molecule is NC=Nc1ccc(OC(F)(F)C(F)(F)F)cc1. The molecule has 0 aliphatic rings. The number of halogens is 5. The fourth-order valence-electron chi connectivity index (χ4n) is 0.892. The summed E-state index contributed by atoms with van der Waals surface area (Å²) < 4.78 is 63.9. The van der Waals surface area contributed by atoms with E-state index in [1.165, 1.54) is 12.1 Å². The van der Waals surface area contributed by atoms with Crippen LogP contribution in [-0.2, 0) is 0 Å². The smallest absolute Gasteiger partial charge is 0.426 e. The van der Waals surface area contributed by atoms with Gasteiger partial charge in [-0.2, -0.15) is 22.0 Å². The second kappa shape index (κ2) is 4.56. The van der Waals surface area contributed by atoms with E-state index in [2.05, 4.69) is 9.73 Å². The lowest BCUT2D eigenvalue weighted by atomic mass is 10.3. The number of hydrogen-bond donors (Lipinski definition) is 1. The van der Waals surface area contributed by atoms with Gasteiger partial charge >= 0.3 is 12.3 Å². The average molecular weight is 254 g/mol. The molecule has 0 heterocycles. The van der Waals surface area contributed by atoms with Crippen molar-refractivity contribution in [3.8, 4) is 5.75 Å². The molecular formula is C9H7F5N2O. The Labute approximate surface area is 92.7 Å². The summed E-state index contributed by atoms with van der Waals surface area (Å²) in [5, 5.41) is 0. The van der Waals surface area contributed by atoms with Crippen molar-refractivity contribution in [2.75, 3.05) is 0 Å². The number of nitrogens with two attached hydrogens (primary N) is 1. The number of benzene rings is 1. The van der Waals surface area contributed by atoms with E-state index in [4.69, 9.17) is 5.73 Å². The predicted molar refractivity (Wildman–Crippen MR) is 50.4 cm³/mol. The average Bonchev–Trinajstić information content (AvgIpc) is 2.19. The highest BCUT2D eigenvalue weighted by molar-refractivity contribution is 5.59. The van der Waals surface area contributed by atoms with Crippen molar-refractivity contribution < 1.29 is 26.7 Å². The first-order valence-electron chi connectivity index (χ1n) is 4.24. The molecule has 8 heteroatoms. The summed E-state index contributed by atoms with van der Waals surface area (Å²) in [4.78, 5) is 3.58. The van der Waals surface area contributed by atoms with Crippen LogP contribution in [0, 0.1) is 0 Å². The summed E-state index contributed by atoms with van der Waals surface area (Å²) >= 11 is 0. The summed E-state index contributed by atoms with van der Waals surface area (Å²) in [5.41, 5.74) is 5.27. The predicted octanol–water partition coefficient (Wildman–Crippen LogP) is 2.84. The summed E-state index contributed by atoms with van der Waals surface area (Å²) in [6.07, 6.45) is -10.0. The van der Waals surface area contributed by atoms with Crippen molar-refractivity contribution in [1.29, 1.82) is 0 Å². The van der Waals surface area contributed by atoms with E-state index >= 15 is 0 Å². The van der Waals surface area contributed by atoms with Crippen LogP contribution in [0.3, 0.4) is 0 Å². The molecule has 0 saturated carbocycles. The van der Waals surface area contributed by atoms with Crippen LogP contribution in [-0.4, -0.2) is 18.6 Å². The third kappa shape index (κ3) is 3.30. The zero-order valence-electron chi connectivity index (χ0n) is 8.21. The summed E-state index contributed by atoms with van der Waals surface area (Å²) in [5.74, 6) is -0.622. The standard InChI is InChI=1S/C9H7F5N2O/c10-8(11,12)9(13,14)17-7-3-1-6(2-4-7)16-5-15/h1-5H,(H2,15,16). The first-order valence-corrected chi connectivity index (χ1v) is 4.24. The van der Waals surface area contributed by atoms with Gasteiger partial charge in [0.25, 0.3) is 0 Å². The molecule has 0 spiro atoms. The molecule has 1 aromatic rings. The first kappa shape index (κ1) is 13.2. The largest absolute Gasteiger partial charge is 0.499 e. The molecule has 0 aromatic heterocycles. The molecule has 0 radical (unpaired) electrons. The van der Waals surface area contributed by atoms with E-state index in [-0.39, 0.29) is 0 Å². The van der Waals surface area contributed by atoms with E-state index in [1.54, 1.807) is 0 Å². The van der Waals surface area contributed by atoms with E-state index < -0.39 is 18.0 Å². The van der Waals surface area contributed by atoms with Crippen LogP contribution in [0.25, 0.3) is 0 Å². The van der Waals surface area contributed by atoms with Gasteiger partial charge in [-0.15, -0.1) is 0 Å². The Morgan fingerprint density at radius 1 is 1.06 bits per heavy atom. The van der Waals surface area contributed by atoms with E-state index in [0.29, 0.717) is 5.69 Å². The van der Waals surface area contributed by atoms with Gasteiger partial charge in [-0.1, -0.05) is 0 Å². The molecule has 0 aliphatic carbocycles. The maximum atomic E-state index is 12.5. The van der Waals surface area contributed by atoms with Gasteiger partial charge in [0, 0.05) is 0 Å². The lowest BCUT2D eigenvalue weighted by Gasteiger charge is -2.20. The van der Waals surface area contributed by atoms with Crippen LogP contribution < -0.4 is 10.5 Å². The highest BCUT2D eigenvalue weighted by Crippen LogP contribution is 2.37. The second-order valence-corrected chi connectivity index (χ2v) is 2.89. The minimum atomic E-state index is -5.76. The summed E-state index contributed by atoms with van der Waals surface area (Å²) in [6.45, 7) is 0. The normalized spacial score (nSPS) is 13.0. The highest BCUT2D eigenvalue weighted by Gasteiger charge is 2.61. The fourth-order valence-corrected chi connectivity index (χ4v) is 0.892. The molecular weight excluding hydrogens is 247 g/mol. The van der Waals surface area contributed by atoms with Crippen molar-refractivity contribution in [3.63, 3.8) is 0 Å². The van der Waals surface area contributed by atoms with Gasteiger partial charge in [-0.3, -0.25) is 0 Å². The zero-order chi connectivity index (χ0) is 13.1. The van der Waals surface area contributed by atoms with Crippen LogP contribution in [0.4, 0.5) is 27.6 Å². The maximum Gasteiger partial charge on any atom is 0.499 e. The Balaban J connectivity index is 2.83. The van der Waals surface area contributed by atoms with Gasteiger partial charge in [-0.25, -0.2) is 4.99 Å². The van der Waals surface area contributed by atoms with Gasteiger partial charge in [0.2, 0.25) is 0 Å². The minimum Gasteiger partial charge on any atom is -0.426 e. The van der Waals surface area contributed by atoms with Crippen molar-refractivity contribution in [3.05, 3.63) is 24.3 Å². The van der Waals surface area contributed by atoms with E-state index in [1.807, 2.05) is 0 Å². The first-order chi connectivity index (χ1) is 7.76. The molecule has 0 saturated heterocycles. The summed E-state index contributed by atoms with van der Waals surface area (Å²) in [6, 6.07) is 4.24. The van der Waals surface area contributed by atoms with Gasteiger partial charge in [0.15, 0.2) is 0 Å². The molecule has 1 rings (SSSR count). The molecule has 2 N–H and O–H groups in total. The molecule has 0 unspecified atom stereocenters. The van der Waals surface area contributed by atoms with Crippen molar-refractivity contribution in [2.24, 2.45) is 10.7 Å². The Morgan fingerprint density at radius 2 is 1.59 bits per heavy atom. The Kier molecular flexibility index (Phi) is 3.54. The molecule has 0 atom stereocenters. The van der Waals surface area contributed by atoms with Crippen LogP contribution in [0.5, 0.6) is 5.75 Å². The van der Waals surface area contributed by atoms with Gasteiger partial charge in [0.05, 0.1) is 12.0 Å². The van der Waals surface area contributed by atoms with Crippen LogP contribution in [0.2, 0.25) is 0 Å². The number of ether oxygens (including phenoxy) is 1. The number of aliphatic imine (C=N–C) groups is 1. The van der Waals surface area contributed by atoms with Gasteiger partial charge in [0.1, 0.15) is 5.75 Å². The van der Waals surface area contributed by atoms with Crippen LogP contribution in [0.15, 0.2) is 29.3 Å². The van der Waals surface area contributed by atoms with E-state index in [9.17, 15) is 22.0 Å². The summed E-state index contributed by atoms with van der Waals surface area (Å²) in [7, 11) is 0. The van der Waals surface area contributed by atoms with Gasteiger partial charge < -0.3 is 10.5 Å². The maximum absolute atomic E-state index is 12.5. The molecule has 0 aliphatic heterocycles. The molecule has 17 heavy (non-hydrogen) atoms. The number of hydrogen-bond acceptors (Lipinski definition) is 2. The van der Waals surface area contributed by atoms with Crippen molar-refractivity contribution in [1.82, 2.24) is 0 Å². The van der Waals surface area contributed by atoms with E-state index in [0.717, 1.165) is 18.5 Å². The van der Waals surface area contributed by atoms with Crippen LogP contribution in [0.1, 0.15) is 0 Å². The van der Waals surface area contributed by atoms with Crippen molar-refractivity contribution in [2.45, 2.75) is 12.3 Å². The third-order valence-corrected chi connectivity index (χ3v) is 1.64. The molecule has 0 amide bonds. The Morgan fingerprint density at radius 3 is 2.00 bits per heavy atom. The Hall–Kier alpha value is -1.86. The second-order valence-electron chi connectivity index (χ2n) is 2.89. The highest BCUT2D eigenvalue weighted by atomic mass is 19.4. The quantitative estimate of drug-likeness (QED) is 0.512. The lowest BCUT2D eigenvalue weighted by Crippen LogP contribution is -2.41. The molecule has 1 aromatic carbocycles. The number of nitrogens with zero attached hydrogens (tertiary/aromatic N) is 1. The van der Waals surface area contributed by atoms with Crippen LogP contribution >= 0.6 is 0 Å². The Bertz CT molecular complexity index is 399. The molecule has 94 valence electrons. The zero-order valence-corrected chi connectivity index (χ0v) is 8.21.